The first-order valence-electron chi connectivity index (χ1n) is 14.1. The lowest BCUT2D eigenvalue weighted by molar-refractivity contribution is 0.0938. The van der Waals surface area contributed by atoms with E-state index >= 15 is 0 Å². The van der Waals surface area contributed by atoms with E-state index in [-0.39, 0.29) is 23.6 Å². The molecule has 3 aromatic heterocycles. The van der Waals surface area contributed by atoms with Crippen molar-refractivity contribution in [2.75, 3.05) is 24.7 Å². The van der Waals surface area contributed by atoms with Gasteiger partial charge in [-0.05, 0) is 48.9 Å². The fourth-order valence-electron chi connectivity index (χ4n) is 5.56. The second kappa shape index (κ2) is 11.2. The number of alkyl halides is 3. The van der Waals surface area contributed by atoms with Crippen LogP contribution in [0.3, 0.4) is 0 Å². The average molecular weight is 644 g/mol. The van der Waals surface area contributed by atoms with Crippen LogP contribution in [-0.4, -0.2) is 61.0 Å². The minimum absolute atomic E-state index is 0.0982. The van der Waals surface area contributed by atoms with E-state index in [1.165, 1.54) is 0 Å². The SMILES string of the molecule is O=C(NCc1cc2nc(N3CCOc4ccc([C@H]5C[C@@H]5C(F)F)nc43)ccc2cn1)c1cc(F)c2c(c1)S(=O)(=O)[C@@H](F)COC2. The molecule has 7 rings (SSSR count). The highest BCUT2D eigenvalue weighted by molar-refractivity contribution is 7.92. The lowest BCUT2D eigenvalue weighted by atomic mass is 10.1. The largest absolute Gasteiger partial charge is 0.488 e. The van der Waals surface area contributed by atoms with Crippen molar-refractivity contribution in [1.29, 1.82) is 0 Å². The number of hydrogen-bond acceptors (Lipinski definition) is 9. The van der Waals surface area contributed by atoms with E-state index in [2.05, 4.69) is 15.3 Å². The number of nitrogens with zero attached hydrogens (tertiary/aromatic N) is 4. The van der Waals surface area contributed by atoms with Crippen LogP contribution in [0.1, 0.15) is 39.6 Å². The standard InChI is InChI=1S/C30H25F4N5O5S/c31-21-7-16(8-25-20(21)13-43-14-26(32)45(25,41)42)30(40)36-12-17-9-23-15(11-35-17)1-4-27(37-23)39-5-6-44-24-3-2-22(38-29(24)39)18-10-19(18)28(33)34/h1-4,7-9,11,18-19,26,28H,5-6,10,12-14H2,(H,36,40)/t18-,19-,26+/m0/s1. The van der Waals surface area contributed by atoms with Gasteiger partial charge in [-0.15, -0.1) is 0 Å². The Bertz CT molecular complexity index is 1950. The summed E-state index contributed by atoms with van der Waals surface area (Å²) in [6, 6.07) is 10.6. The Kier molecular flexibility index (Phi) is 7.31. The number of benzene rings is 1. The number of sulfone groups is 1. The molecule has 0 bridgehead atoms. The molecule has 3 aliphatic rings. The lowest BCUT2D eigenvalue weighted by Crippen LogP contribution is -2.30. The van der Waals surface area contributed by atoms with E-state index < -0.39 is 57.5 Å². The molecule has 1 aromatic carbocycles. The average Bonchev–Trinajstić information content (AvgIpc) is 3.85. The maximum atomic E-state index is 14.8. The smallest absolute Gasteiger partial charge is 0.251 e. The highest BCUT2D eigenvalue weighted by Crippen LogP contribution is 2.51. The number of rotatable bonds is 6. The van der Waals surface area contributed by atoms with Crippen LogP contribution in [0.25, 0.3) is 10.9 Å². The van der Waals surface area contributed by atoms with Gasteiger partial charge in [-0.3, -0.25) is 9.78 Å². The minimum Gasteiger partial charge on any atom is -0.488 e. The normalized spacial score (nSPS) is 21.9. The van der Waals surface area contributed by atoms with E-state index in [1.54, 1.807) is 30.5 Å². The maximum Gasteiger partial charge on any atom is 0.251 e. The van der Waals surface area contributed by atoms with Crippen molar-refractivity contribution in [3.8, 4) is 5.75 Å². The molecule has 234 valence electrons. The topological polar surface area (TPSA) is 124 Å². The van der Waals surface area contributed by atoms with Gasteiger partial charge in [0.1, 0.15) is 18.2 Å². The number of fused-ring (bicyclic) bond motifs is 3. The molecule has 1 N–H and O–H groups in total. The summed E-state index contributed by atoms with van der Waals surface area (Å²) in [4.78, 5) is 27.9. The fourth-order valence-corrected chi connectivity index (χ4v) is 6.90. The maximum absolute atomic E-state index is 14.8. The quantitative estimate of drug-likeness (QED) is 0.301. The molecule has 5 heterocycles. The Labute approximate surface area is 254 Å². The zero-order valence-electron chi connectivity index (χ0n) is 23.4. The third-order valence-electron chi connectivity index (χ3n) is 8.11. The third-order valence-corrected chi connectivity index (χ3v) is 9.90. The Hall–Kier alpha value is -4.37. The summed E-state index contributed by atoms with van der Waals surface area (Å²) in [7, 11) is -4.55. The molecule has 10 nitrogen and oxygen atoms in total. The summed E-state index contributed by atoms with van der Waals surface area (Å²) >= 11 is 0. The van der Waals surface area contributed by atoms with Gasteiger partial charge in [0, 0.05) is 40.2 Å². The molecule has 1 fully saturated rings. The fraction of sp³-hybridized carbons (Fsp3) is 0.333. The Morgan fingerprint density at radius 3 is 2.78 bits per heavy atom. The van der Waals surface area contributed by atoms with Crippen LogP contribution >= 0.6 is 0 Å². The Morgan fingerprint density at radius 2 is 1.98 bits per heavy atom. The molecule has 15 heteroatoms. The molecule has 2 aliphatic heterocycles. The highest BCUT2D eigenvalue weighted by Gasteiger charge is 2.46. The van der Waals surface area contributed by atoms with Crippen molar-refractivity contribution < 1.29 is 40.2 Å². The summed E-state index contributed by atoms with van der Waals surface area (Å²) in [6.07, 6.45) is -0.433. The first kappa shape index (κ1) is 29.3. The minimum atomic E-state index is -4.55. The van der Waals surface area contributed by atoms with Crippen molar-refractivity contribution in [2.45, 2.75) is 42.3 Å². The third kappa shape index (κ3) is 5.43. The van der Waals surface area contributed by atoms with Crippen molar-refractivity contribution in [3.05, 3.63) is 77.0 Å². The molecule has 3 atom stereocenters. The van der Waals surface area contributed by atoms with Gasteiger partial charge in [-0.1, -0.05) is 0 Å². The van der Waals surface area contributed by atoms with Crippen LogP contribution in [0.5, 0.6) is 5.75 Å². The van der Waals surface area contributed by atoms with Crippen LogP contribution in [0.2, 0.25) is 0 Å². The number of nitrogens with one attached hydrogen (secondary N) is 1. The zero-order chi connectivity index (χ0) is 31.5. The van der Waals surface area contributed by atoms with Crippen LogP contribution in [0, 0.1) is 11.7 Å². The second-order valence-corrected chi connectivity index (χ2v) is 13.1. The highest BCUT2D eigenvalue weighted by atomic mass is 32.2. The molecule has 0 radical (unpaired) electrons. The number of carbonyl (C=O) groups excluding carboxylic acids is 1. The predicted octanol–water partition coefficient (Wildman–Crippen LogP) is 4.59. The zero-order valence-corrected chi connectivity index (χ0v) is 24.2. The van der Waals surface area contributed by atoms with Crippen molar-refractivity contribution in [2.24, 2.45) is 5.92 Å². The lowest BCUT2D eigenvalue weighted by Gasteiger charge is -2.29. The van der Waals surface area contributed by atoms with E-state index in [9.17, 15) is 30.8 Å². The van der Waals surface area contributed by atoms with Gasteiger partial charge in [-0.2, -0.15) is 0 Å². The summed E-state index contributed by atoms with van der Waals surface area (Å²) in [5.41, 5.74) is -1.46. The summed E-state index contributed by atoms with van der Waals surface area (Å²) in [5, 5.41) is 3.30. The Morgan fingerprint density at radius 1 is 1.13 bits per heavy atom. The van der Waals surface area contributed by atoms with Gasteiger partial charge in [0.2, 0.25) is 21.8 Å². The number of amides is 1. The van der Waals surface area contributed by atoms with Gasteiger partial charge in [0.15, 0.2) is 11.6 Å². The van der Waals surface area contributed by atoms with E-state index in [4.69, 9.17) is 14.5 Å². The summed E-state index contributed by atoms with van der Waals surface area (Å²) in [6.45, 7) is -0.473. The van der Waals surface area contributed by atoms with Gasteiger partial charge in [0.05, 0.1) is 42.4 Å². The molecule has 1 aliphatic carbocycles. The van der Waals surface area contributed by atoms with E-state index in [0.717, 1.165) is 12.1 Å². The molecule has 4 aromatic rings. The molecular weight excluding hydrogens is 618 g/mol. The van der Waals surface area contributed by atoms with Gasteiger partial charge < -0.3 is 19.7 Å². The number of pyridine rings is 3. The molecule has 1 saturated carbocycles. The monoisotopic (exact) mass is 643 g/mol. The number of halogens is 4. The molecule has 0 spiro atoms. The Balaban J connectivity index is 1.11. The second-order valence-electron chi connectivity index (χ2n) is 11.0. The van der Waals surface area contributed by atoms with Gasteiger partial charge in [0.25, 0.3) is 5.91 Å². The van der Waals surface area contributed by atoms with Crippen molar-refractivity contribution in [1.82, 2.24) is 20.3 Å². The number of anilines is 2. The number of hydrogen-bond donors (Lipinski definition) is 1. The molecule has 1 amide bonds. The first-order chi connectivity index (χ1) is 21.6. The summed E-state index contributed by atoms with van der Waals surface area (Å²) in [5.74, 6) is -1.20. The first-order valence-corrected chi connectivity index (χ1v) is 15.7. The molecule has 0 unspecified atom stereocenters. The predicted molar refractivity (Wildman–Crippen MR) is 152 cm³/mol. The van der Waals surface area contributed by atoms with Gasteiger partial charge >= 0.3 is 0 Å². The number of aromatic nitrogens is 3. The number of ether oxygens (including phenoxy) is 2. The van der Waals surface area contributed by atoms with Crippen LogP contribution in [0.4, 0.5) is 29.2 Å². The molecule has 0 saturated heterocycles. The van der Waals surface area contributed by atoms with Crippen molar-refractivity contribution in [3.63, 3.8) is 0 Å². The van der Waals surface area contributed by atoms with E-state index in [1.807, 2.05) is 11.0 Å². The van der Waals surface area contributed by atoms with Crippen LogP contribution < -0.4 is 15.0 Å². The summed E-state index contributed by atoms with van der Waals surface area (Å²) < 4.78 is 91.1. The van der Waals surface area contributed by atoms with Crippen LogP contribution in [-0.2, 0) is 27.7 Å². The molecular formula is C30H25F4N5O5S. The van der Waals surface area contributed by atoms with Gasteiger partial charge in [-0.25, -0.2) is 35.9 Å². The van der Waals surface area contributed by atoms with Crippen molar-refractivity contribution >= 4 is 38.3 Å². The van der Waals surface area contributed by atoms with Crippen LogP contribution in [0.15, 0.2) is 53.6 Å². The number of carbonyl (C=O) groups is 1. The van der Waals surface area contributed by atoms with E-state index in [0.29, 0.717) is 59.2 Å². The molecule has 45 heavy (non-hydrogen) atoms.